The summed E-state index contributed by atoms with van der Waals surface area (Å²) in [5.74, 6) is 1.69. The quantitative estimate of drug-likeness (QED) is 0.725. The average molecular weight is 299 g/mol. The molecule has 0 aromatic carbocycles. The van der Waals surface area contributed by atoms with Gasteiger partial charge in [0.15, 0.2) is 0 Å². The lowest BCUT2D eigenvalue weighted by Crippen LogP contribution is -2.23. The molecule has 1 aliphatic rings. The fraction of sp³-hybridized carbons (Fsp3) is 0.429. The molecule has 0 bridgehead atoms. The van der Waals surface area contributed by atoms with Gasteiger partial charge in [0.1, 0.15) is 23.6 Å². The first kappa shape index (κ1) is 13.1. The summed E-state index contributed by atoms with van der Waals surface area (Å²) in [7, 11) is 1.97. The number of hydrogen-bond donors (Lipinski definition) is 2. The van der Waals surface area contributed by atoms with Gasteiger partial charge < -0.3 is 9.88 Å². The van der Waals surface area contributed by atoms with E-state index < -0.39 is 0 Å². The molecule has 3 aromatic heterocycles. The molecule has 0 saturated heterocycles. The maximum atomic E-state index is 11.7. The van der Waals surface area contributed by atoms with Crippen molar-refractivity contribution in [1.82, 2.24) is 29.3 Å². The minimum absolute atomic E-state index is 0.122. The number of fused-ring (bicyclic) bond motifs is 2. The average Bonchev–Trinajstić information content (AvgIpc) is 3.00. The Balaban J connectivity index is 1.58. The Kier molecular flexibility index (Phi) is 2.95. The zero-order valence-corrected chi connectivity index (χ0v) is 12.3. The predicted molar refractivity (Wildman–Crippen MR) is 81.7 cm³/mol. The van der Waals surface area contributed by atoms with Gasteiger partial charge in [-0.3, -0.25) is 4.57 Å². The van der Waals surface area contributed by atoms with Crippen molar-refractivity contribution < 1.29 is 0 Å². The molecule has 3 aromatic rings. The third kappa shape index (κ3) is 2.07. The third-order valence-corrected chi connectivity index (χ3v) is 4.26. The highest BCUT2D eigenvalue weighted by Crippen LogP contribution is 2.22. The molecule has 0 spiro atoms. The number of hydrogen-bond acceptors (Lipinski definition) is 5. The fourth-order valence-corrected chi connectivity index (χ4v) is 3.03. The highest BCUT2D eigenvalue weighted by molar-refractivity contribution is 5.87. The Bertz CT molecular complexity index is 875. The van der Waals surface area contributed by atoms with Gasteiger partial charge in [0.2, 0.25) is 0 Å². The van der Waals surface area contributed by atoms with Crippen LogP contribution in [0.25, 0.3) is 11.0 Å². The highest BCUT2D eigenvalue weighted by atomic mass is 16.1. The van der Waals surface area contributed by atoms with Gasteiger partial charge in [0, 0.05) is 32.3 Å². The van der Waals surface area contributed by atoms with Crippen LogP contribution in [0.1, 0.15) is 18.7 Å². The van der Waals surface area contributed by atoms with Gasteiger partial charge in [-0.1, -0.05) is 0 Å². The molecule has 0 radical (unpaired) electrons. The van der Waals surface area contributed by atoms with Gasteiger partial charge in [-0.15, -0.1) is 0 Å². The summed E-state index contributed by atoms with van der Waals surface area (Å²) in [6.45, 7) is 0.672. The first-order valence-corrected chi connectivity index (χ1v) is 7.39. The molecule has 1 unspecified atom stereocenters. The number of rotatable bonds is 2. The summed E-state index contributed by atoms with van der Waals surface area (Å²) in [5.41, 5.74) is 0.790. The molecule has 0 saturated carbocycles. The lowest BCUT2D eigenvalue weighted by atomic mass is 10.1. The van der Waals surface area contributed by atoms with Crippen LogP contribution in [0.15, 0.2) is 23.4 Å². The van der Waals surface area contributed by atoms with E-state index in [9.17, 15) is 4.79 Å². The van der Waals surface area contributed by atoms with Crippen LogP contribution in [-0.4, -0.2) is 35.3 Å². The van der Waals surface area contributed by atoms with Gasteiger partial charge >= 0.3 is 5.69 Å². The monoisotopic (exact) mass is 299 g/mol. The molecule has 4 rings (SSSR count). The summed E-state index contributed by atoms with van der Waals surface area (Å²) in [4.78, 5) is 20.3. The van der Waals surface area contributed by atoms with Crippen molar-refractivity contribution in [3.8, 4) is 0 Å². The SMILES string of the molecule is Cn1ccc2c(NC3CCc4n[nH]c(=O)n4CC3)ncnc21. The van der Waals surface area contributed by atoms with Crippen LogP contribution in [0.4, 0.5) is 5.82 Å². The van der Waals surface area contributed by atoms with E-state index in [1.807, 2.05) is 23.9 Å². The summed E-state index contributed by atoms with van der Waals surface area (Å²) < 4.78 is 3.70. The van der Waals surface area contributed by atoms with E-state index in [4.69, 9.17) is 0 Å². The maximum Gasteiger partial charge on any atom is 0.343 e. The van der Waals surface area contributed by atoms with E-state index in [-0.39, 0.29) is 11.7 Å². The van der Waals surface area contributed by atoms with Crippen molar-refractivity contribution in [2.75, 3.05) is 5.32 Å². The van der Waals surface area contributed by atoms with E-state index in [0.717, 1.165) is 41.9 Å². The Hall–Kier alpha value is -2.64. The smallest absolute Gasteiger partial charge is 0.343 e. The molecule has 8 heteroatoms. The van der Waals surface area contributed by atoms with Gasteiger partial charge in [-0.05, 0) is 18.9 Å². The Morgan fingerprint density at radius 2 is 2.27 bits per heavy atom. The minimum atomic E-state index is -0.122. The zero-order valence-electron chi connectivity index (χ0n) is 12.3. The number of aromatic nitrogens is 6. The topological polar surface area (TPSA) is 93.4 Å². The molecule has 1 aliphatic heterocycles. The number of aromatic amines is 1. The van der Waals surface area contributed by atoms with Crippen molar-refractivity contribution >= 4 is 16.9 Å². The van der Waals surface area contributed by atoms with Gasteiger partial charge in [-0.2, -0.15) is 5.10 Å². The summed E-state index contributed by atoms with van der Waals surface area (Å²) >= 11 is 0. The number of H-pyrrole nitrogens is 1. The van der Waals surface area contributed by atoms with Crippen LogP contribution in [0.5, 0.6) is 0 Å². The molecular formula is C14H17N7O. The van der Waals surface area contributed by atoms with Crippen molar-refractivity contribution in [1.29, 1.82) is 0 Å². The summed E-state index contributed by atoms with van der Waals surface area (Å²) in [5, 5.41) is 11.1. The standard InChI is InChI=1S/C14H17N7O/c1-20-6-5-10-12(15-8-16-13(10)20)17-9-2-3-11-18-19-14(22)21(11)7-4-9/h5-6,8-9H,2-4,7H2,1H3,(H,19,22)(H,15,16,17). The number of nitrogens with zero attached hydrogens (tertiary/aromatic N) is 5. The second kappa shape index (κ2) is 4.97. The van der Waals surface area contributed by atoms with E-state index >= 15 is 0 Å². The van der Waals surface area contributed by atoms with Crippen LogP contribution in [-0.2, 0) is 20.0 Å². The molecule has 114 valence electrons. The maximum absolute atomic E-state index is 11.7. The molecule has 22 heavy (non-hydrogen) atoms. The van der Waals surface area contributed by atoms with Gasteiger partial charge in [0.05, 0.1) is 5.39 Å². The zero-order chi connectivity index (χ0) is 15.1. The second-order valence-corrected chi connectivity index (χ2v) is 5.65. The molecule has 2 N–H and O–H groups in total. The predicted octanol–water partition coefficient (Wildman–Crippen LogP) is 0.670. The first-order chi connectivity index (χ1) is 10.7. The van der Waals surface area contributed by atoms with Crippen LogP contribution in [0.3, 0.4) is 0 Å². The van der Waals surface area contributed by atoms with Gasteiger partial charge in [0.25, 0.3) is 0 Å². The molecule has 0 fully saturated rings. The third-order valence-electron chi connectivity index (χ3n) is 4.26. The highest BCUT2D eigenvalue weighted by Gasteiger charge is 2.20. The largest absolute Gasteiger partial charge is 0.367 e. The number of aryl methyl sites for hydroxylation is 2. The van der Waals surface area contributed by atoms with Crippen molar-refractivity contribution in [2.45, 2.75) is 31.8 Å². The first-order valence-electron chi connectivity index (χ1n) is 7.39. The van der Waals surface area contributed by atoms with E-state index in [0.29, 0.717) is 6.54 Å². The van der Waals surface area contributed by atoms with Crippen molar-refractivity contribution in [3.05, 3.63) is 34.9 Å². The van der Waals surface area contributed by atoms with Crippen molar-refractivity contribution in [3.63, 3.8) is 0 Å². The second-order valence-electron chi connectivity index (χ2n) is 5.65. The van der Waals surface area contributed by atoms with Crippen LogP contribution >= 0.6 is 0 Å². The molecule has 8 nitrogen and oxygen atoms in total. The fourth-order valence-electron chi connectivity index (χ4n) is 3.03. The molecule has 0 amide bonds. The molecule has 1 atom stereocenters. The minimum Gasteiger partial charge on any atom is -0.367 e. The lowest BCUT2D eigenvalue weighted by molar-refractivity contribution is 0.572. The number of nitrogens with one attached hydrogen (secondary N) is 2. The van der Waals surface area contributed by atoms with Crippen molar-refractivity contribution in [2.24, 2.45) is 7.05 Å². The van der Waals surface area contributed by atoms with E-state index in [1.54, 1.807) is 10.9 Å². The Morgan fingerprint density at radius 1 is 1.36 bits per heavy atom. The Labute approximate surface area is 126 Å². The van der Waals surface area contributed by atoms with Crippen LogP contribution in [0.2, 0.25) is 0 Å². The molecule has 4 heterocycles. The molecule has 0 aliphatic carbocycles. The summed E-state index contributed by atoms with van der Waals surface area (Å²) in [6, 6.07) is 2.28. The van der Waals surface area contributed by atoms with E-state index in [1.165, 1.54) is 0 Å². The Morgan fingerprint density at radius 3 is 3.18 bits per heavy atom. The normalized spacial score (nSPS) is 18.1. The van der Waals surface area contributed by atoms with Crippen LogP contribution < -0.4 is 11.0 Å². The summed E-state index contributed by atoms with van der Waals surface area (Å²) in [6.07, 6.45) is 6.12. The van der Waals surface area contributed by atoms with E-state index in [2.05, 4.69) is 25.5 Å². The lowest BCUT2D eigenvalue weighted by Gasteiger charge is -2.17. The molecular weight excluding hydrogens is 282 g/mol. The number of anilines is 1. The van der Waals surface area contributed by atoms with Gasteiger partial charge in [-0.25, -0.2) is 19.9 Å². The van der Waals surface area contributed by atoms with Crippen LogP contribution in [0, 0.1) is 0 Å².